The van der Waals surface area contributed by atoms with Crippen molar-refractivity contribution in [1.29, 1.82) is 0 Å². The lowest BCUT2D eigenvalue weighted by Crippen LogP contribution is -1.99. The molecule has 2 N–H and O–H groups in total. The number of benzene rings is 2. The fourth-order valence-electron chi connectivity index (χ4n) is 2.85. The molecule has 0 amide bonds. The molecule has 0 aliphatic heterocycles. The highest BCUT2D eigenvalue weighted by Gasteiger charge is 2.13. The summed E-state index contributed by atoms with van der Waals surface area (Å²) in [5.41, 5.74) is 2.31. The van der Waals surface area contributed by atoms with Gasteiger partial charge in [-0.05, 0) is 37.1 Å². The number of para-hydroxylation sites is 1. The van der Waals surface area contributed by atoms with Gasteiger partial charge in [0.25, 0.3) is 0 Å². The summed E-state index contributed by atoms with van der Waals surface area (Å²) in [6.07, 6.45) is 1.22. The molecule has 0 atom stereocenters. The maximum Gasteiger partial charge on any atom is 0.325 e. The fraction of sp³-hybridized carbons (Fsp3) is 0.250. The van der Waals surface area contributed by atoms with Gasteiger partial charge in [0.05, 0.1) is 0 Å². The van der Waals surface area contributed by atoms with E-state index in [1.54, 1.807) is 0 Å². The van der Waals surface area contributed by atoms with Gasteiger partial charge in [-0.25, -0.2) is 0 Å². The van der Waals surface area contributed by atoms with E-state index < -0.39 is 7.60 Å². The number of halogens is 1. The first-order valence-electron chi connectivity index (χ1n) is 7.17. The molecule has 1 heterocycles. The summed E-state index contributed by atoms with van der Waals surface area (Å²) in [5, 5.41) is 2.40. The molecule has 0 saturated heterocycles. The minimum atomic E-state index is -3.89. The predicted molar refractivity (Wildman–Crippen MR) is 93.3 cm³/mol. The minimum Gasteiger partial charge on any atom is -0.340 e. The Morgan fingerprint density at radius 3 is 2.50 bits per heavy atom. The normalized spacial score (nSPS) is 12.3. The molecule has 6 heteroatoms. The number of aromatic nitrogens is 1. The summed E-state index contributed by atoms with van der Waals surface area (Å²) < 4.78 is 14.2. The summed E-state index contributed by atoms with van der Waals surface area (Å²) >= 11 is 3.52. The summed E-state index contributed by atoms with van der Waals surface area (Å²) in [6.45, 7) is 0.756. The Bertz CT molecular complexity index is 868. The molecule has 0 fully saturated rings. The number of aryl methyl sites for hydroxylation is 1. The summed E-state index contributed by atoms with van der Waals surface area (Å²) in [5.74, 6) is 0. The van der Waals surface area contributed by atoms with E-state index in [0.29, 0.717) is 6.42 Å². The standard InChI is InChI=1S/C16H17BrNO3P/c17-12-7-8-16-14(11-12)13-5-1-2-6-15(13)18(16)9-3-4-10-22(19,20)21/h1-2,5-8,11H,3-4,9-10H2,(H2,19,20,21). The molecule has 3 aromatic rings. The van der Waals surface area contributed by atoms with Crippen molar-refractivity contribution in [1.82, 2.24) is 4.57 Å². The molecule has 0 aliphatic rings. The van der Waals surface area contributed by atoms with Gasteiger partial charge in [-0.3, -0.25) is 4.57 Å². The predicted octanol–water partition coefficient (Wildman–Crippen LogP) is 4.51. The zero-order chi connectivity index (χ0) is 15.7. The highest BCUT2D eigenvalue weighted by atomic mass is 79.9. The van der Waals surface area contributed by atoms with Gasteiger partial charge >= 0.3 is 7.60 Å². The lowest BCUT2D eigenvalue weighted by atomic mass is 10.2. The zero-order valence-corrected chi connectivity index (χ0v) is 14.4. The molecule has 0 aliphatic carbocycles. The molecule has 0 spiro atoms. The van der Waals surface area contributed by atoms with Crippen molar-refractivity contribution < 1.29 is 14.4 Å². The number of nitrogens with zero attached hydrogens (tertiary/aromatic N) is 1. The van der Waals surface area contributed by atoms with E-state index in [-0.39, 0.29) is 6.16 Å². The van der Waals surface area contributed by atoms with Crippen molar-refractivity contribution >= 4 is 45.3 Å². The first-order chi connectivity index (χ1) is 10.5. The average Bonchev–Trinajstić information content (AvgIpc) is 2.76. The molecule has 22 heavy (non-hydrogen) atoms. The van der Waals surface area contributed by atoms with E-state index in [4.69, 9.17) is 9.79 Å². The molecule has 0 bridgehead atoms. The first kappa shape index (κ1) is 15.8. The molecular formula is C16H17BrNO3P. The third-order valence-electron chi connectivity index (χ3n) is 3.82. The Hall–Kier alpha value is -1.13. The lowest BCUT2D eigenvalue weighted by molar-refractivity contribution is 0.370. The number of hydrogen-bond acceptors (Lipinski definition) is 1. The Kier molecular flexibility index (Phi) is 4.42. The maximum absolute atomic E-state index is 10.9. The van der Waals surface area contributed by atoms with Crippen molar-refractivity contribution in [3.05, 3.63) is 46.9 Å². The highest BCUT2D eigenvalue weighted by molar-refractivity contribution is 9.10. The number of rotatable bonds is 5. The van der Waals surface area contributed by atoms with Gasteiger partial charge in [0.15, 0.2) is 0 Å². The summed E-state index contributed by atoms with van der Waals surface area (Å²) in [7, 11) is -3.89. The average molecular weight is 382 g/mol. The van der Waals surface area contributed by atoms with Gasteiger partial charge in [0, 0.05) is 39.0 Å². The van der Waals surface area contributed by atoms with E-state index in [1.165, 1.54) is 10.8 Å². The Labute approximate surface area is 137 Å². The van der Waals surface area contributed by atoms with Crippen LogP contribution in [0.25, 0.3) is 21.8 Å². The number of fused-ring (bicyclic) bond motifs is 3. The van der Waals surface area contributed by atoms with Crippen molar-refractivity contribution in [3.63, 3.8) is 0 Å². The first-order valence-corrected chi connectivity index (χ1v) is 9.76. The number of unbranched alkanes of at least 4 members (excludes halogenated alkanes) is 1. The molecule has 0 unspecified atom stereocenters. The molecule has 0 saturated carbocycles. The number of hydrogen-bond donors (Lipinski definition) is 2. The topological polar surface area (TPSA) is 62.5 Å². The van der Waals surface area contributed by atoms with Crippen LogP contribution in [0.2, 0.25) is 0 Å². The van der Waals surface area contributed by atoms with E-state index in [9.17, 15) is 4.57 Å². The van der Waals surface area contributed by atoms with E-state index >= 15 is 0 Å². The van der Waals surface area contributed by atoms with Crippen LogP contribution >= 0.6 is 23.5 Å². The van der Waals surface area contributed by atoms with E-state index in [0.717, 1.165) is 28.5 Å². The van der Waals surface area contributed by atoms with Gasteiger partial charge in [-0.15, -0.1) is 0 Å². The Morgan fingerprint density at radius 1 is 1.00 bits per heavy atom. The zero-order valence-electron chi connectivity index (χ0n) is 11.9. The van der Waals surface area contributed by atoms with Crippen LogP contribution in [0.3, 0.4) is 0 Å². The summed E-state index contributed by atoms with van der Waals surface area (Å²) in [6, 6.07) is 14.5. The van der Waals surface area contributed by atoms with Crippen LogP contribution in [-0.2, 0) is 11.1 Å². The fourth-order valence-corrected chi connectivity index (χ4v) is 3.85. The molecule has 2 aromatic carbocycles. The maximum atomic E-state index is 10.9. The van der Waals surface area contributed by atoms with Crippen LogP contribution in [0, 0.1) is 0 Å². The van der Waals surface area contributed by atoms with Crippen molar-refractivity contribution in [2.75, 3.05) is 6.16 Å². The largest absolute Gasteiger partial charge is 0.340 e. The summed E-state index contributed by atoms with van der Waals surface area (Å²) in [4.78, 5) is 17.9. The molecule has 116 valence electrons. The second-order valence-electron chi connectivity index (χ2n) is 5.43. The van der Waals surface area contributed by atoms with Crippen LogP contribution in [0.15, 0.2) is 46.9 Å². The quantitative estimate of drug-likeness (QED) is 0.504. The molecule has 0 radical (unpaired) electrons. The molecule has 1 aromatic heterocycles. The Morgan fingerprint density at radius 2 is 1.73 bits per heavy atom. The monoisotopic (exact) mass is 381 g/mol. The van der Waals surface area contributed by atoms with Crippen LogP contribution in [-0.4, -0.2) is 20.5 Å². The van der Waals surface area contributed by atoms with Crippen molar-refractivity contribution in [3.8, 4) is 0 Å². The third kappa shape index (κ3) is 3.28. The van der Waals surface area contributed by atoms with Gasteiger partial charge < -0.3 is 14.4 Å². The van der Waals surface area contributed by atoms with Crippen LogP contribution in [0.4, 0.5) is 0 Å². The smallest absolute Gasteiger partial charge is 0.325 e. The Balaban J connectivity index is 1.95. The second-order valence-corrected chi connectivity index (χ2v) is 8.12. The van der Waals surface area contributed by atoms with E-state index in [2.05, 4.69) is 44.8 Å². The molecule has 4 nitrogen and oxygen atoms in total. The van der Waals surface area contributed by atoms with Crippen LogP contribution in [0.5, 0.6) is 0 Å². The van der Waals surface area contributed by atoms with Gasteiger partial charge in [0.2, 0.25) is 0 Å². The molecule has 3 rings (SSSR count). The van der Waals surface area contributed by atoms with Crippen molar-refractivity contribution in [2.45, 2.75) is 19.4 Å². The van der Waals surface area contributed by atoms with E-state index in [1.807, 2.05) is 18.2 Å². The van der Waals surface area contributed by atoms with Gasteiger partial charge in [0.1, 0.15) is 0 Å². The minimum absolute atomic E-state index is 0.0460. The SMILES string of the molecule is O=P(O)(O)CCCCn1c2ccccc2c2cc(Br)ccc21. The highest BCUT2D eigenvalue weighted by Crippen LogP contribution is 2.36. The molecular weight excluding hydrogens is 365 g/mol. The van der Waals surface area contributed by atoms with Crippen LogP contribution in [0.1, 0.15) is 12.8 Å². The lowest BCUT2D eigenvalue weighted by Gasteiger charge is -2.08. The van der Waals surface area contributed by atoms with Crippen LogP contribution < -0.4 is 0 Å². The third-order valence-corrected chi connectivity index (χ3v) is 5.21. The van der Waals surface area contributed by atoms with Gasteiger partial charge in [-0.2, -0.15) is 0 Å². The van der Waals surface area contributed by atoms with Gasteiger partial charge in [-0.1, -0.05) is 34.1 Å². The second kappa shape index (κ2) is 6.17. The van der Waals surface area contributed by atoms with Crippen molar-refractivity contribution in [2.24, 2.45) is 0 Å².